The lowest BCUT2D eigenvalue weighted by atomic mass is 9.97. The Kier molecular flexibility index (Phi) is 8.11. The molecule has 1 amide bonds. The van der Waals surface area contributed by atoms with Gasteiger partial charge in [-0.25, -0.2) is 8.42 Å². The van der Waals surface area contributed by atoms with Crippen molar-refractivity contribution in [2.45, 2.75) is 31.2 Å². The summed E-state index contributed by atoms with van der Waals surface area (Å²) in [6, 6.07) is 24.2. The van der Waals surface area contributed by atoms with E-state index >= 15 is 0 Å². The zero-order chi connectivity index (χ0) is 23.8. The Labute approximate surface area is 196 Å². The van der Waals surface area contributed by atoms with Gasteiger partial charge in [-0.3, -0.25) is 9.10 Å². The third-order valence-electron chi connectivity index (χ3n) is 5.22. The lowest BCUT2D eigenvalue weighted by Gasteiger charge is -2.26. The summed E-state index contributed by atoms with van der Waals surface area (Å²) in [4.78, 5) is 13.3. The molecule has 0 aliphatic carbocycles. The van der Waals surface area contributed by atoms with E-state index in [-0.39, 0.29) is 23.4 Å². The summed E-state index contributed by atoms with van der Waals surface area (Å²) < 4.78 is 33.3. The second-order valence-electron chi connectivity index (χ2n) is 8.18. The molecular weight excluding hydrogens is 436 g/mol. The van der Waals surface area contributed by atoms with Crippen LogP contribution in [-0.2, 0) is 14.8 Å². The van der Waals surface area contributed by atoms with Crippen molar-refractivity contribution in [1.29, 1.82) is 0 Å². The van der Waals surface area contributed by atoms with Crippen molar-refractivity contribution in [3.05, 3.63) is 90.5 Å². The summed E-state index contributed by atoms with van der Waals surface area (Å²) in [5.74, 6) is 0.572. The van der Waals surface area contributed by atoms with Crippen molar-refractivity contribution in [3.8, 4) is 5.75 Å². The van der Waals surface area contributed by atoms with E-state index in [0.29, 0.717) is 17.4 Å². The topological polar surface area (TPSA) is 75.7 Å². The maximum Gasteiger partial charge on any atom is 0.264 e. The zero-order valence-electron chi connectivity index (χ0n) is 19.1. The number of benzene rings is 3. The first-order valence-corrected chi connectivity index (χ1v) is 12.3. The normalized spacial score (nSPS) is 12.2. The van der Waals surface area contributed by atoms with Crippen molar-refractivity contribution in [1.82, 2.24) is 5.32 Å². The SMILES string of the molecule is COc1ccc(N(CC(=O)N[C@@H](CC(C)C)c2ccccc2)S(=O)(=O)c2ccccc2)cc1. The highest BCUT2D eigenvalue weighted by Crippen LogP contribution is 2.26. The van der Waals surface area contributed by atoms with Gasteiger partial charge < -0.3 is 10.1 Å². The summed E-state index contributed by atoms with van der Waals surface area (Å²) >= 11 is 0. The number of ether oxygens (including phenoxy) is 1. The second-order valence-corrected chi connectivity index (χ2v) is 10.0. The van der Waals surface area contributed by atoms with Crippen LogP contribution in [0.4, 0.5) is 5.69 Å². The molecule has 33 heavy (non-hydrogen) atoms. The minimum atomic E-state index is -3.96. The summed E-state index contributed by atoms with van der Waals surface area (Å²) in [6.45, 7) is 3.84. The monoisotopic (exact) mass is 466 g/mol. The number of nitrogens with zero attached hydrogens (tertiary/aromatic N) is 1. The van der Waals surface area contributed by atoms with E-state index in [1.165, 1.54) is 12.1 Å². The van der Waals surface area contributed by atoms with Crippen LogP contribution in [-0.4, -0.2) is 28.0 Å². The molecule has 1 N–H and O–H groups in total. The van der Waals surface area contributed by atoms with Crippen LogP contribution in [0.2, 0.25) is 0 Å². The molecule has 0 spiro atoms. The third kappa shape index (κ3) is 6.35. The molecule has 0 aliphatic heterocycles. The number of sulfonamides is 1. The van der Waals surface area contributed by atoms with Gasteiger partial charge in [0.2, 0.25) is 5.91 Å². The molecule has 3 aromatic rings. The molecule has 7 heteroatoms. The van der Waals surface area contributed by atoms with E-state index in [0.717, 1.165) is 16.3 Å². The number of carbonyl (C=O) groups excluding carboxylic acids is 1. The molecule has 0 bridgehead atoms. The Morgan fingerprint density at radius 2 is 1.48 bits per heavy atom. The van der Waals surface area contributed by atoms with Gasteiger partial charge in [-0.2, -0.15) is 0 Å². The molecule has 0 aromatic heterocycles. The molecule has 0 unspecified atom stereocenters. The number of hydrogen-bond acceptors (Lipinski definition) is 4. The highest BCUT2D eigenvalue weighted by Gasteiger charge is 2.28. The molecule has 3 rings (SSSR count). The highest BCUT2D eigenvalue weighted by molar-refractivity contribution is 7.92. The highest BCUT2D eigenvalue weighted by atomic mass is 32.2. The van der Waals surface area contributed by atoms with Crippen LogP contribution < -0.4 is 14.4 Å². The third-order valence-corrected chi connectivity index (χ3v) is 7.01. The molecule has 6 nitrogen and oxygen atoms in total. The number of methoxy groups -OCH3 is 1. The first-order valence-electron chi connectivity index (χ1n) is 10.9. The van der Waals surface area contributed by atoms with Crippen molar-refractivity contribution in [3.63, 3.8) is 0 Å². The second kappa shape index (κ2) is 11.0. The average Bonchev–Trinajstić information content (AvgIpc) is 2.83. The number of anilines is 1. The van der Waals surface area contributed by atoms with Gasteiger partial charge in [0.25, 0.3) is 10.0 Å². The smallest absolute Gasteiger partial charge is 0.264 e. The van der Waals surface area contributed by atoms with Gasteiger partial charge in [-0.1, -0.05) is 62.4 Å². The average molecular weight is 467 g/mol. The largest absolute Gasteiger partial charge is 0.497 e. The van der Waals surface area contributed by atoms with Gasteiger partial charge in [0.15, 0.2) is 0 Å². The molecule has 0 saturated heterocycles. The Morgan fingerprint density at radius 3 is 2.03 bits per heavy atom. The molecule has 0 radical (unpaired) electrons. The number of carbonyl (C=O) groups is 1. The first kappa shape index (κ1) is 24.3. The van der Waals surface area contributed by atoms with Crippen LogP contribution in [0.3, 0.4) is 0 Å². The van der Waals surface area contributed by atoms with E-state index in [1.807, 2.05) is 30.3 Å². The standard InChI is InChI=1S/C26H30N2O4S/c1-20(2)18-25(21-10-6-4-7-11-21)27-26(29)19-28(22-14-16-23(32-3)17-15-22)33(30,31)24-12-8-5-9-13-24/h4-17,20,25H,18-19H2,1-3H3,(H,27,29)/t25-/m0/s1. The molecule has 0 saturated carbocycles. The van der Waals surface area contributed by atoms with E-state index in [4.69, 9.17) is 4.74 Å². The van der Waals surface area contributed by atoms with Crippen LogP contribution in [0.5, 0.6) is 5.75 Å². The van der Waals surface area contributed by atoms with Crippen LogP contribution in [0.15, 0.2) is 89.8 Å². The van der Waals surface area contributed by atoms with E-state index in [1.54, 1.807) is 49.6 Å². The van der Waals surface area contributed by atoms with Gasteiger partial charge in [0.05, 0.1) is 23.7 Å². The number of nitrogens with one attached hydrogen (secondary N) is 1. The fraction of sp³-hybridized carbons (Fsp3) is 0.269. The lowest BCUT2D eigenvalue weighted by Crippen LogP contribution is -2.42. The molecule has 0 heterocycles. The Hall–Kier alpha value is -3.32. The fourth-order valence-electron chi connectivity index (χ4n) is 3.59. The zero-order valence-corrected chi connectivity index (χ0v) is 20.0. The van der Waals surface area contributed by atoms with Gasteiger partial charge >= 0.3 is 0 Å². The Morgan fingerprint density at radius 1 is 0.909 bits per heavy atom. The van der Waals surface area contributed by atoms with Crippen LogP contribution in [0.25, 0.3) is 0 Å². The summed E-state index contributed by atoms with van der Waals surface area (Å²) in [6.07, 6.45) is 0.740. The minimum Gasteiger partial charge on any atom is -0.497 e. The van der Waals surface area contributed by atoms with E-state index < -0.39 is 10.0 Å². The quantitative estimate of drug-likeness (QED) is 0.466. The van der Waals surface area contributed by atoms with Crippen molar-refractivity contribution in [2.75, 3.05) is 18.0 Å². The summed E-state index contributed by atoms with van der Waals surface area (Å²) in [5.41, 5.74) is 1.37. The van der Waals surface area contributed by atoms with Crippen LogP contribution in [0.1, 0.15) is 31.9 Å². The fourth-order valence-corrected chi connectivity index (χ4v) is 5.03. The summed E-state index contributed by atoms with van der Waals surface area (Å²) in [7, 11) is -2.42. The number of rotatable bonds is 10. The van der Waals surface area contributed by atoms with Crippen molar-refractivity contribution < 1.29 is 17.9 Å². The van der Waals surface area contributed by atoms with Gasteiger partial charge in [-0.15, -0.1) is 0 Å². The molecule has 3 aromatic carbocycles. The molecule has 0 fully saturated rings. The van der Waals surface area contributed by atoms with E-state index in [2.05, 4.69) is 19.2 Å². The number of amides is 1. The Bertz CT molecular complexity index is 1130. The predicted molar refractivity (Wildman–Crippen MR) is 131 cm³/mol. The minimum absolute atomic E-state index is 0.121. The lowest BCUT2D eigenvalue weighted by molar-refractivity contribution is -0.120. The maximum atomic E-state index is 13.5. The molecule has 0 aliphatic rings. The van der Waals surface area contributed by atoms with Gasteiger partial charge in [0, 0.05) is 0 Å². The van der Waals surface area contributed by atoms with Gasteiger partial charge in [-0.05, 0) is 54.3 Å². The predicted octanol–water partition coefficient (Wildman–Crippen LogP) is 4.79. The Balaban J connectivity index is 1.91. The van der Waals surface area contributed by atoms with Crippen molar-refractivity contribution in [2.24, 2.45) is 5.92 Å². The van der Waals surface area contributed by atoms with E-state index in [9.17, 15) is 13.2 Å². The molecular formula is C26H30N2O4S. The van der Waals surface area contributed by atoms with Crippen LogP contribution >= 0.6 is 0 Å². The van der Waals surface area contributed by atoms with Crippen molar-refractivity contribution >= 4 is 21.6 Å². The first-order chi connectivity index (χ1) is 15.8. The maximum absolute atomic E-state index is 13.5. The summed E-state index contributed by atoms with van der Waals surface area (Å²) in [5, 5.41) is 3.04. The van der Waals surface area contributed by atoms with Crippen LogP contribution in [0, 0.1) is 5.92 Å². The molecule has 174 valence electrons. The number of hydrogen-bond donors (Lipinski definition) is 1. The van der Waals surface area contributed by atoms with Gasteiger partial charge in [0.1, 0.15) is 12.3 Å². The molecule has 1 atom stereocenters.